The topological polar surface area (TPSA) is 73.4 Å². The molecule has 2 heterocycles. The van der Waals surface area contributed by atoms with Crippen LogP contribution in [0.15, 0.2) is 36.9 Å². The van der Waals surface area contributed by atoms with Gasteiger partial charge in [-0.2, -0.15) is 10.5 Å². The van der Waals surface area contributed by atoms with Gasteiger partial charge in [0.1, 0.15) is 6.07 Å². The van der Waals surface area contributed by atoms with E-state index in [1.54, 1.807) is 30.9 Å². The van der Waals surface area contributed by atoms with Gasteiger partial charge in [0.25, 0.3) is 0 Å². The highest BCUT2D eigenvalue weighted by Gasteiger charge is 2.04. The lowest BCUT2D eigenvalue weighted by Crippen LogP contribution is -1.92. The Bertz CT molecular complexity index is 691. The number of nitriles is 2. The zero-order valence-corrected chi connectivity index (χ0v) is 13.4. The average molecular weight is 292 g/mol. The molecule has 0 saturated carbocycles. The summed E-state index contributed by atoms with van der Waals surface area (Å²) in [5, 5.41) is 17.2. The Hall–Kier alpha value is -2.72. The summed E-state index contributed by atoms with van der Waals surface area (Å²) in [7, 11) is 0. The molecule has 0 bridgehead atoms. The molecule has 0 fully saturated rings. The van der Waals surface area contributed by atoms with Crippen LogP contribution in [-0.4, -0.2) is 9.97 Å². The van der Waals surface area contributed by atoms with Gasteiger partial charge in [-0.05, 0) is 35.1 Å². The molecule has 0 aliphatic carbocycles. The molecule has 0 aliphatic rings. The number of hydrogen-bond donors (Lipinski definition) is 0. The normalized spacial score (nSPS) is 9.64. The van der Waals surface area contributed by atoms with E-state index in [1.807, 2.05) is 6.07 Å². The van der Waals surface area contributed by atoms with Crippen LogP contribution in [0.1, 0.15) is 61.8 Å². The Morgan fingerprint density at radius 2 is 1.64 bits per heavy atom. The predicted molar refractivity (Wildman–Crippen MR) is 86.1 cm³/mol. The van der Waals surface area contributed by atoms with E-state index in [0.717, 1.165) is 16.7 Å². The number of pyridine rings is 2. The summed E-state index contributed by atoms with van der Waals surface area (Å²) in [6.07, 6.45) is 6.77. The van der Waals surface area contributed by atoms with Crippen molar-refractivity contribution in [3.63, 3.8) is 0 Å². The highest BCUT2D eigenvalue weighted by molar-refractivity contribution is 5.36. The van der Waals surface area contributed by atoms with Crippen LogP contribution in [0.3, 0.4) is 0 Å². The number of rotatable bonds is 2. The standard InChI is InChI=1S/2C9H10N2/c1-7(2)9-3-8(4-10)5-11-6-9;1-7(2)9-6-11-4-3-8(9)5-10/h3,5-7H,1-2H3;3-4,6-7H,1-2H3. The molecule has 0 unspecified atom stereocenters. The Labute approximate surface area is 132 Å². The van der Waals surface area contributed by atoms with Crippen LogP contribution < -0.4 is 0 Å². The van der Waals surface area contributed by atoms with Gasteiger partial charge in [0.15, 0.2) is 0 Å². The number of aromatic nitrogens is 2. The summed E-state index contributed by atoms with van der Waals surface area (Å²) in [6.45, 7) is 8.27. The van der Waals surface area contributed by atoms with Crippen molar-refractivity contribution in [1.29, 1.82) is 10.5 Å². The Kier molecular flexibility index (Phi) is 6.73. The molecule has 4 heteroatoms. The molecule has 22 heavy (non-hydrogen) atoms. The lowest BCUT2D eigenvalue weighted by Gasteiger charge is -2.04. The number of nitrogens with zero attached hydrogens (tertiary/aromatic N) is 4. The van der Waals surface area contributed by atoms with E-state index in [-0.39, 0.29) is 0 Å². The summed E-state index contributed by atoms with van der Waals surface area (Å²) >= 11 is 0. The first-order valence-electron chi connectivity index (χ1n) is 7.18. The highest BCUT2D eigenvalue weighted by atomic mass is 14.6. The fourth-order valence-electron chi connectivity index (χ4n) is 1.80. The second kappa shape index (κ2) is 8.54. The third kappa shape index (κ3) is 5.00. The van der Waals surface area contributed by atoms with Crippen LogP contribution in [0.4, 0.5) is 0 Å². The lowest BCUT2D eigenvalue weighted by molar-refractivity contribution is 0.854. The van der Waals surface area contributed by atoms with E-state index in [9.17, 15) is 0 Å². The van der Waals surface area contributed by atoms with E-state index in [2.05, 4.69) is 49.8 Å². The summed E-state index contributed by atoms with van der Waals surface area (Å²) in [6, 6.07) is 7.81. The predicted octanol–water partition coefficient (Wildman–Crippen LogP) is 4.15. The van der Waals surface area contributed by atoms with Gasteiger partial charge < -0.3 is 0 Å². The first-order chi connectivity index (χ1) is 10.5. The van der Waals surface area contributed by atoms with Gasteiger partial charge in [-0.3, -0.25) is 9.97 Å². The molecule has 2 aromatic rings. The van der Waals surface area contributed by atoms with Crippen LogP contribution in [-0.2, 0) is 0 Å². The minimum Gasteiger partial charge on any atom is -0.264 e. The molecule has 2 rings (SSSR count). The molecule has 0 aliphatic heterocycles. The van der Waals surface area contributed by atoms with Crippen molar-refractivity contribution in [1.82, 2.24) is 9.97 Å². The molecule has 0 aromatic carbocycles. The van der Waals surface area contributed by atoms with Crippen molar-refractivity contribution in [2.45, 2.75) is 39.5 Å². The Balaban J connectivity index is 0.000000220. The third-order valence-corrected chi connectivity index (χ3v) is 3.15. The minimum atomic E-state index is 0.373. The van der Waals surface area contributed by atoms with Crippen molar-refractivity contribution in [3.8, 4) is 12.1 Å². The van der Waals surface area contributed by atoms with E-state index in [4.69, 9.17) is 10.5 Å². The first-order valence-corrected chi connectivity index (χ1v) is 7.18. The molecule has 0 N–H and O–H groups in total. The first kappa shape index (κ1) is 17.3. The summed E-state index contributed by atoms with van der Waals surface area (Å²) < 4.78 is 0. The molecule has 2 aromatic heterocycles. The maximum absolute atomic E-state index is 8.69. The van der Waals surface area contributed by atoms with E-state index < -0.39 is 0 Å². The van der Waals surface area contributed by atoms with Gasteiger partial charge in [0.2, 0.25) is 0 Å². The van der Waals surface area contributed by atoms with Gasteiger partial charge in [-0.25, -0.2) is 0 Å². The molecule has 0 saturated heterocycles. The van der Waals surface area contributed by atoms with Crippen molar-refractivity contribution in [2.75, 3.05) is 0 Å². The zero-order valence-electron chi connectivity index (χ0n) is 13.4. The quantitative estimate of drug-likeness (QED) is 0.833. The smallest absolute Gasteiger partial charge is 0.101 e. The molecule has 0 spiro atoms. The van der Waals surface area contributed by atoms with E-state index in [0.29, 0.717) is 17.4 Å². The van der Waals surface area contributed by atoms with Gasteiger partial charge in [0, 0.05) is 24.8 Å². The third-order valence-electron chi connectivity index (χ3n) is 3.15. The highest BCUT2D eigenvalue weighted by Crippen LogP contribution is 2.16. The summed E-state index contributed by atoms with van der Waals surface area (Å²) in [5.41, 5.74) is 3.50. The summed E-state index contributed by atoms with van der Waals surface area (Å²) in [4.78, 5) is 7.92. The molecule has 112 valence electrons. The second-order valence-corrected chi connectivity index (χ2v) is 5.50. The van der Waals surface area contributed by atoms with Crippen LogP contribution in [0.25, 0.3) is 0 Å². The fraction of sp³-hybridized carbons (Fsp3) is 0.333. The van der Waals surface area contributed by atoms with E-state index >= 15 is 0 Å². The van der Waals surface area contributed by atoms with Gasteiger partial charge in [-0.15, -0.1) is 0 Å². The van der Waals surface area contributed by atoms with Gasteiger partial charge >= 0.3 is 0 Å². The van der Waals surface area contributed by atoms with Crippen molar-refractivity contribution < 1.29 is 0 Å². The van der Waals surface area contributed by atoms with Crippen LogP contribution >= 0.6 is 0 Å². The zero-order chi connectivity index (χ0) is 16.5. The molecular formula is C18H20N4. The Morgan fingerprint density at radius 3 is 2.14 bits per heavy atom. The van der Waals surface area contributed by atoms with Crippen LogP contribution in [0, 0.1) is 22.7 Å². The van der Waals surface area contributed by atoms with Gasteiger partial charge in [0.05, 0.1) is 17.2 Å². The van der Waals surface area contributed by atoms with Crippen LogP contribution in [0.2, 0.25) is 0 Å². The largest absolute Gasteiger partial charge is 0.264 e. The van der Waals surface area contributed by atoms with E-state index in [1.165, 1.54) is 0 Å². The molecule has 0 atom stereocenters. The Morgan fingerprint density at radius 1 is 0.909 bits per heavy atom. The molecular weight excluding hydrogens is 272 g/mol. The summed E-state index contributed by atoms with van der Waals surface area (Å²) in [5.74, 6) is 0.814. The molecule has 0 amide bonds. The van der Waals surface area contributed by atoms with Crippen molar-refractivity contribution in [2.24, 2.45) is 0 Å². The second-order valence-electron chi connectivity index (χ2n) is 5.50. The maximum atomic E-state index is 8.69. The monoisotopic (exact) mass is 292 g/mol. The SMILES string of the molecule is CC(C)c1cncc(C#N)c1.CC(C)c1cnccc1C#N. The minimum absolute atomic E-state index is 0.373. The maximum Gasteiger partial charge on any atom is 0.101 e. The van der Waals surface area contributed by atoms with Crippen LogP contribution in [0.5, 0.6) is 0 Å². The van der Waals surface area contributed by atoms with Crippen molar-refractivity contribution >= 4 is 0 Å². The lowest BCUT2D eigenvalue weighted by atomic mass is 10.0. The molecule has 0 radical (unpaired) electrons. The van der Waals surface area contributed by atoms with Crippen molar-refractivity contribution in [3.05, 3.63) is 59.2 Å². The fourth-order valence-corrected chi connectivity index (χ4v) is 1.80. The van der Waals surface area contributed by atoms with Gasteiger partial charge in [-0.1, -0.05) is 27.7 Å². The average Bonchev–Trinajstić information content (AvgIpc) is 2.55. The molecule has 4 nitrogen and oxygen atoms in total. The number of hydrogen-bond acceptors (Lipinski definition) is 4.